The standard InChI is InChI=1S/C6H13B/c1-4-5-6-7(2)3/h4-5H,6H2,1-3H3. The number of hydrogen-bond donors (Lipinski definition) is 0. The summed E-state index contributed by atoms with van der Waals surface area (Å²) >= 11 is 0. The van der Waals surface area contributed by atoms with Crippen LogP contribution in [0.5, 0.6) is 0 Å². The van der Waals surface area contributed by atoms with E-state index in [0.717, 1.165) is 6.71 Å². The summed E-state index contributed by atoms with van der Waals surface area (Å²) in [5, 5.41) is 0. The topological polar surface area (TPSA) is 0 Å². The Labute approximate surface area is 46.7 Å². The first-order valence-corrected chi connectivity index (χ1v) is 2.88. The molecule has 7 heavy (non-hydrogen) atoms. The van der Waals surface area contributed by atoms with Crippen molar-refractivity contribution in [3.63, 3.8) is 0 Å². The molecule has 0 bridgehead atoms. The molecule has 0 fully saturated rings. The normalized spacial score (nSPS) is 10.1. The summed E-state index contributed by atoms with van der Waals surface area (Å²) in [6.07, 6.45) is 5.52. The molecule has 0 atom stereocenters. The molecule has 0 saturated carbocycles. The lowest BCUT2D eigenvalue weighted by atomic mass is 9.52. The molecule has 0 aromatic rings. The summed E-state index contributed by atoms with van der Waals surface area (Å²) in [6.45, 7) is 7.32. The van der Waals surface area contributed by atoms with E-state index in [0.29, 0.717) is 0 Å². The van der Waals surface area contributed by atoms with Gasteiger partial charge in [0.25, 0.3) is 0 Å². The molecule has 0 aromatic heterocycles. The molecule has 0 heterocycles. The van der Waals surface area contributed by atoms with Gasteiger partial charge in [-0.1, -0.05) is 32.1 Å². The van der Waals surface area contributed by atoms with E-state index in [2.05, 4.69) is 32.7 Å². The van der Waals surface area contributed by atoms with Crippen LogP contribution < -0.4 is 0 Å². The third-order valence-electron chi connectivity index (χ3n) is 0.843. The first kappa shape index (κ1) is 6.80. The predicted molar refractivity (Wildman–Crippen MR) is 37.1 cm³/mol. The second-order valence-corrected chi connectivity index (χ2v) is 2.20. The minimum Gasteiger partial charge on any atom is -0.0960 e. The second-order valence-electron chi connectivity index (χ2n) is 2.20. The highest BCUT2D eigenvalue weighted by Crippen LogP contribution is 1.90. The third kappa shape index (κ3) is 5.80. The highest BCUT2D eigenvalue weighted by atomic mass is 13.6. The predicted octanol–water partition coefficient (Wildman–Crippen LogP) is 2.32. The summed E-state index contributed by atoms with van der Waals surface area (Å²) in [5.74, 6) is 0. The van der Waals surface area contributed by atoms with Crippen molar-refractivity contribution >= 4 is 6.71 Å². The van der Waals surface area contributed by atoms with E-state index in [1.165, 1.54) is 6.32 Å². The van der Waals surface area contributed by atoms with E-state index in [-0.39, 0.29) is 0 Å². The number of rotatable bonds is 2. The Kier molecular flexibility index (Phi) is 3.87. The van der Waals surface area contributed by atoms with Crippen LogP contribution in [0.2, 0.25) is 20.0 Å². The first-order valence-electron chi connectivity index (χ1n) is 2.88. The van der Waals surface area contributed by atoms with Crippen LogP contribution in [-0.4, -0.2) is 6.71 Å². The fourth-order valence-corrected chi connectivity index (χ4v) is 0.408. The van der Waals surface area contributed by atoms with Gasteiger partial charge in [0.05, 0.1) is 0 Å². The van der Waals surface area contributed by atoms with Gasteiger partial charge < -0.3 is 0 Å². The molecule has 0 aliphatic carbocycles. The maximum atomic E-state index is 2.22. The van der Waals surface area contributed by atoms with Gasteiger partial charge in [-0.15, -0.1) is 0 Å². The maximum Gasteiger partial charge on any atom is 0.137 e. The number of allylic oxidation sites excluding steroid dienone is 2. The van der Waals surface area contributed by atoms with Crippen LogP contribution in [-0.2, 0) is 0 Å². The summed E-state index contributed by atoms with van der Waals surface area (Å²) < 4.78 is 0. The smallest absolute Gasteiger partial charge is 0.0960 e. The molecular weight excluding hydrogens is 82.9 g/mol. The van der Waals surface area contributed by atoms with Crippen molar-refractivity contribution < 1.29 is 0 Å². The van der Waals surface area contributed by atoms with Gasteiger partial charge in [-0.25, -0.2) is 0 Å². The molecule has 0 N–H and O–H groups in total. The Morgan fingerprint density at radius 3 is 2.14 bits per heavy atom. The quantitative estimate of drug-likeness (QED) is 0.365. The maximum absolute atomic E-state index is 2.22. The van der Waals surface area contributed by atoms with Crippen molar-refractivity contribution in [1.29, 1.82) is 0 Å². The van der Waals surface area contributed by atoms with Crippen LogP contribution in [0.25, 0.3) is 0 Å². The lowest BCUT2D eigenvalue weighted by Gasteiger charge is -1.88. The summed E-state index contributed by atoms with van der Waals surface area (Å²) in [7, 11) is 0. The molecule has 0 nitrogen and oxygen atoms in total. The van der Waals surface area contributed by atoms with Gasteiger partial charge in [0, 0.05) is 0 Å². The molecule has 0 rings (SSSR count). The molecule has 0 spiro atoms. The van der Waals surface area contributed by atoms with Crippen molar-refractivity contribution in [2.45, 2.75) is 26.9 Å². The van der Waals surface area contributed by atoms with Crippen LogP contribution in [0.4, 0.5) is 0 Å². The van der Waals surface area contributed by atoms with Gasteiger partial charge in [0.2, 0.25) is 0 Å². The van der Waals surface area contributed by atoms with Crippen molar-refractivity contribution in [1.82, 2.24) is 0 Å². The molecule has 0 aliphatic heterocycles. The summed E-state index contributed by atoms with van der Waals surface area (Å²) in [4.78, 5) is 0. The Hall–Kier alpha value is -0.195. The number of hydrogen-bond acceptors (Lipinski definition) is 0. The fraction of sp³-hybridized carbons (Fsp3) is 0.667. The third-order valence-corrected chi connectivity index (χ3v) is 0.843. The highest BCUT2D eigenvalue weighted by Gasteiger charge is 1.90. The Morgan fingerprint density at radius 1 is 1.43 bits per heavy atom. The Bertz CT molecular complexity index is 55.2. The zero-order valence-electron chi connectivity index (χ0n) is 5.44. The van der Waals surface area contributed by atoms with Gasteiger partial charge in [-0.2, -0.15) is 0 Å². The second kappa shape index (κ2) is 3.98. The van der Waals surface area contributed by atoms with Gasteiger partial charge in [-0.05, 0) is 6.92 Å². The van der Waals surface area contributed by atoms with E-state index in [9.17, 15) is 0 Å². The molecule has 0 saturated heterocycles. The van der Waals surface area contributed by atoms with E-state index in [1.807, 2.05) is 0 Å². The largest absolute Gasteiger partial charge is 0.137 e. The van der Waals surface area contributed by atoms with Crippen LogP contribution >= 0.6 is 0 Å². The van der Waals surface area contributed by atoms with E-state index in [4.69, 9.17) is 0 Å². The van der Waals surface area contributed by atoms with Gasteiger partial charge in [-0.3, -0.25) is 0 Å². The molecule has 0 aromatic carbocycles. The lowest BCUT2D eigenvalue weighted by molar-refractivity contribution is 1.56. The van der Waals surface area contributed by atoms with Crippen LogP contribution in [0, 0.1) is 0 Å². The summed E-state index contributed by atoms with van der Waals surface area (Å²) in [5.41, 5.74) is 0. The lowest BCUT2D eigenvalue weighted by Crippen LogP contribution is -1.94. The Morgan fingerprint density at radius 2 is 2.00 bits per heavy atom. The summed E-state index contributed by atoms with van der Waals surface area (Å²) in [6, 6.07) is 0. The average molecular weight is 96.0 g/mol. The zero-order valence-corrected chi connectivity index (χ0v) is 5.44. The van der Waals surface area contributed by atoms with Crippen molar-refractivity contribution in [3.05, 3.63) is 12.2 Å². The zero-order chi connectivity index (χ0) is 5.70. The molecule has 0 unspecified atom stereocenters. The first-order chi connectivity index (χ1) is 3.27. The highest BCUT2D eigenvalue weighted by molar-refractivity contribution is 6.56. The Balaban J connectivity index is 2.97. The minimum absolute atomic E-state index is 0.816. The molecule has 40 valence electrons. The van der Waals surface area contributed by atoms with Gasteiger partial charge in [0.1, 0.15) is 6.71 Å². The van der Waals surface area contributed by atoms with E-state index in [1.54, 1.807) is 0 Å². The molecule has 0 amide bonds. The van der Waals surface area contributed by atoms with Crippen LogP contribution in [0.3, 0.4) is 0 Å². The molecule has 0 aliphatic rings. The molecule has 0 radical (unpaired) electrons. The van der Waals surface area contributed by atoms with Gasteiger partial charge >= 0.3 is 0 Å². The fourth-order valence-electron chi connectivity index (χ4n) is 0.408. The van der Waals surface area contributed by atoms with E-state index >= 15 is 0 Å². The van der Waals surface area contributed by atoms with Crippen molar-refractivity contribution in [2.75, 3.05) is 0 Å². The minimum atomic E-state index is 0.816. The van der Waals surface area contributed by atoms with Gasteiger partial charge in [0.15, 0.2) is 0 Å². The van der Waals surface area contributed by atoms with E-state index < -0.39 is 0 Å². The van der Waals surface area contributed by atoms with Crippen molar-refractivity contribution in [3.8, 4) is 0 Å². The monoisotopic (exact) mass is 96.1 g/mol. The van der Waals surface area contributed by atoms with Crippen LogP contribution in [0.1, 0.15) is 6.92 Å². The SMILES string of the molecule is CC=CCB(C)C. The van der Waals surface area contributed by atoms with Crippen LogP contribution in [0.15, 0.2) is 12.2 Å². The average Bonchev–Trinajstić information content (AvgIpc) is 1.61. The molecular formula is C6H13B. The van der Waals surface area contributed by atoms with Crippen molar-refractivity contribution in [2.24, 2.45) is 0 Å². The molecule has 1 heteroatoms.